The first-order valence-electron chi connectivity index (χ1n) is 7.55. The molecule has 21 heavy (non-hydrogen) atoms. The van der Waals surface area contributed by atoms with Crippen molar-refractivity contribution in [3.8, 4) is 0 Å². The van der Waals surface area contributed by atoms with E-state index in [0.29, 0.717) is 0 Å². The van der Waals surface area contributed by atoms with E-state index in [1.165, 1.54) is 22.4 Å². The minimum Gasteiger partial charge on any atom is -0.370 e. The molecule has 0 amide bonds. The molecule has 0 saturated carbocycles. The van der Waals surface area contributed by atoms with Crippen LogP contribution in [0.5, 0.6) is 0 Å². The molecule has 3 nitrogen and oxygen atoms in total. The van der Waals surface area contributed by atoms with Crippen molar-refractivity contribution in [3.63, 3.8) is 0 Å². The molecule has 1 aromatic heterocycles. The second-order valence-corrected chi connectivity index (χ2v) is 5.70. The van der Waals surface area contributed by atoms with Crippen LogP contribution in [0.2, 0.25) is 0 Å². The van der Waals surface area contributed by atoms with Crippen LogP contribution in [0.3, 0.4) is 0 Å². The lowest BCUT2D eigenvalue weighted by Crippen LogP contribution is -2.22. The molecular weight excluding hydrogens is 258 g/mol. The highest BCUT2D eigenvalue weighted by Gasteiger charge is 2.08. The van der Waals surface area contributed by atoms with Crippen molar-refractivity contribution in [2.75, 3.05) is 11.9 Å². The molecule has 0 aliphatic heterocycles. The molecule has 2 aromatic rings. The first kappa shape index (κ1) is 15.5. The Hall–Kier alpha value is -1.87. The van der Waals surface area contributed by atoms with Gasteiger partial charge in [0.05, 0.1) is 0 Å². The Kier molecular flexibility index (Phi) is 5.34. The highest BCUT2D eigenvalue weighted by atomic mass is 15.1. The fourth-order valence-electron chi connectivity index (χ4n) is 2.57. The lowest BCUT2D eigenvalue weighted by molar-refractivity contribution is 0.646. The molecule has 0 bridgehead atoms. The van der Waals surface area contributed by atoms with Gasteiger partial charge < -0.3 is 10.6 Å². The van der Waals surface area contributed by atoms with Gasteiger partial charge in [0.15, 0.2) is 0 Å². The van der Waals surface area contributed by atoms with Gasteiger partial charge in [-0.1, -0.05) is 19.1 Å². The molecule has 112 valence electrons. The third-order valence-corrected chi connectivity index (χ3v) is 3.86. The van der Waals surface area contributed by atoms with Gasteiger partial charge in [-0.15, -0.1) is 0 Å². The lowest BCUT2D eigenvalue weighted by Gasteiger charge is -2.22. The maximum atomic E-state index is 6.04. The number of anilines is 1. The molecule has 0 radical (unpaired) electrons. The van der Waals surface area contributed by atoms with Crippen LogP contribution in [-0.4, -0.2) is 18.1 Å². The molecule has 0 fully saturated rings. The van der Waals surface area contributed by atoms with Gasteiger partial charge in [0, 0.05) is 37.7 Å². The van der Waals surface area contributed by atoms with Gasteiger partial charge in [-0.3, -0.25) is 4.98 Å². The zero-order valence-corrected chi connectivity index (χ0v) is 13.2. The molecule has 1 aromatic carbocycles. The smallest absolute Gasteiger partial charge is 0.0427 e. The molecule has 0 saturated heterocycles. The minimum atomic E-state index is 0.254. The van der Waals surface area contributed by atoms with Crippen LogP contribution < -0.4 is 10.6 Å². The third kappa shape index (κ3) is 4.30. The second kappa shape index (κ2) is 7.23. The van der Waals surface area contributed by atoms with E-state index in [1.807, 2.05) is 12.4 Å². The van der Waals surface area contributed by atoms with E-state index in [2.05, 4.69) is 61.1 Å². The molecule has 1 heterocycles. The molecule has 1 unspecified atom stereocenters. The van der Waals surface area contributed by atoms with Gasteiger partial charge in [0.25, 0.3) is 0 Å². The summed E-state index contributed by atoms with van der Waals surface area (Å²) in [7, 11) is 2.13. The predicted molar refractivity (Wildman–Crippen MR) is 89.5 cm³/mol. The molecule has 1 atom stereocenters. The van der Waals surface area contributed by atoms with E-state index < -0.39 is 0 Å². The Morgan fingerprint density at radius 1 is 1.14 bits per heavy atom. The minimum absolute atomic E-state index is 0.254. The summed E-state index contributed by atoms with van der Waals surface area (Å²) in [5.41, 5.74) is 11.2. The largest absolute Gasteiger partial charge is 0.370 e. The van der Waals surface area contributed by atoms with Gasteiger partial charge in [-0.25, -0.2) is 0 Å². The van der Waals surface area contributed by atoms with Gasteiger partial charge in [0.2, 0.25) is 0 Å². The summed E-state index contributed by atoms with van der Waals surface area (Å²) in [6.45, 7) is 5.19. The van der Waals surface area contributed by atoms with E-state index in [0.717, 1.165) is 19.4 Å². The standard InChI is InChI=1S/C18H25N3/c1-4-17(19)12-16-5-6-18(14(2)11-16)21(3)13-15-7-9-20-10-8-15/h5-11,17H,4,12-13,19H2,1-3H3. The van der Waals surface area contributed by atoms with Gasteiger partial charge >= 0.3 is 0 Å². The normalized spacial score (nSPS) is 12.2. The fraction of sp³-hybridized carbons (Fsp3) is 0.389. The van der Waals surface area contributed by atoms with Crippen LogP contribution in [-0.2, 0) is 13.0 Å². The van der Waals surface area contributed by atoms with Crippen LogP contribution in [0.1, 0.15) is 30.0 Å². The van der Waals surface area contributed by atoms with E-state index in [4.69, 9.17) is 5.73 Å². The predicted octanol–water partition coefficient (Wildman–Crippen LogP) is 3.31. The zero-order chi connectivity index (χ0) is 15.2. The molecule has 2 N–H and O–H groups in total. The van der Waals surface area contributed by atoms with E-state index >= 15 is 0 Å². The van der Waals surface area contributed by atoms with Gasteiger partial charge in [0.1, 0.15) is 0 Å². The Balaban J connectivity index is 2.09. The lowest BCUT2D eigenvalue weighted by atomic mass is 10.0. The van der Waals surface area contributed by atoms with Crippen molar-refractivity contribution in [1.29, 1.82) is 0 Å². The fourth-order valence-corrected chi connectivity index (χ4v) is 2.57. The van der Waals surface area contributed by atoms with Crippen LogP contribution in [0.4, 0.5) is 5.69 Å². The highest BCUT2D eigenvalue weighted by molar-refractivity contribution is 5.54. The van der Waals surface area contributed by atoms with Crippen LogP contribution >= 0.6 is 0 Å². The van der Waals surface area contributed by atoms with Gasteiger partial charge in [-0.2, -0.15) is 0 Å². The summed E-state index contributed by atoms with van der Waals surface area (Å²) in [5, 5.41) is 0. The van der Waals surface area contributed by atoms with Crippen LogP contribution in [0.15, 0.2) is 42.7 Å². The van der Waals surface area contributed by atoms with E-state index in [9.17, 15) is 0 Å². The second-order valence-electron chi connectivity index (χ2n) is 5.70. The number of pyridine rings is 1. The topological polar surface area (TPSA) is 42.1 Å². The summed E-state index contributed by atoms with van der Waals surface area (Å²) in [6.07, 6.45) is 5.64. The Morgan fingerprint density at radius 3 is 2.48 bits per heavy atom. The Bertz CT molecular complexity index is 566. The molecule has 3 heteroatoms. The van der Waals surface area contributed by atoms with Gasteiger partial charge in [-0.05, 0) is 54.7 Å². The summed E-state index contributed by atoms with van der Waals surface area (Å²) in [4.78, 5) is 6.33. The van der Waals surface area contributed by atoms with Crippen molar-refractivity contribution >= 4 is 5.69 Å². The molecule has 0 aliphatic rings. The number of aryl methyl sites for hydroxylation is 1. The highest BCUT2D eigenvalue weighted by Crippen LogP contribution is 2.22. The molecule has 0 aliphatic carbocycles. The number of hydrogen-bond acceptors (Lipinski definition) is 3. The Labute approximate surface area is 127 Å². The number of rotatable bonds is 6. The molecular formula is C18H25N3. The van der Waals surface area contributed by atoms with Crippen molar-refractivity contribution in [3.05, 3.63) is 59.4 Å². The third-order valence-electron chi connectivity index (χ3n) is 3.86. The van der Waals surface area contributed by atoms with Crippen molar-refractivity contribution in [1.82, 2.24) is 4.98 Å². The maximum Gasteiger partial charge on any atom is 0.0427 e. The first-order valence-corrected chi connectivity index (χ1v) is 7.55. The van der Waals surface area contributed by atoms with Crippen LogP contribution in [0, 0.1) is 6.92 Å². The van der Waals surface area contributed by atoms with Crippen molar-refractivity contribution in [2.45, 2.75) is 39.3 Å². The number of aromatic nitrogens is 1. The van der Waals surface area contributed by atoms with Crippen molar-refractivity contribution < 1.29 is 0 Å². The van der Waals surface area contributed by atoms with Crippen molar-refractivity contribution in [2.24, 2.45) is 5.73 Å². The summed E-state index contributed by atoms with van der Waals surface area (Å²) >= 11 is 0. The monoisotopic (exact) mass is 283 g/mol. The summed E-state index contributed by atoms with van der Waals surface area (Å²) in [5.74, 6) is 0. The van der Waals surface area contributed by atoms with Crippen LogP contribution in [0.25, 0.3) is 0 Å². The number of nitrogens with two attached hydrogens (primary N) is 1. The summed E-state index contributed by atoms with van der Waals surface area (Å²) in [6, 6.07) is 11.0. The van der Waals surface area contributed by atoms with E-state index in [1.54, 1.807) is 0 Å². The number of hydrogen-bond donors (Lipinski definition) is 1. The SMILES string of the molecule is CCC(N)Cc1ccc(N(C)Cc2ccncc2)c(C)c1. The average molecular weight is 283 g/mol. The molecule has 0 spiro atoms. The van der Waals surface area contributed by atoms with E-state index in [-0.39, 0.29) is 6.04 Å². The summed E-state index contributed by atoms with van der Waals surface area (Å²) < 4.78 is 0. The zero-order valence-electron chi connectivity index (χ0n) is 13.2. The Morgan fingerprint density at radius 2 is 1.86 bits per heavy atom. The number of benzene rings is 1. The molecule has 2 rings (SSSR count). The first-order chi connectivity index (χ1) is 10.1. The quantitative estimate of drug-likeness (QED) is 0.884. The number of nitrogens with zero attached hydrogens (tertiary/aromatic N) is 2. The maximum absolute atomic E-state index is 6.04. The average Bonchev–Trinajstić information content (AvgIpc) is 2.48.